The van der Waals surface area contributed by atoms with Crippen LogP contribution in [0.15, 0.2) is 22.5 Å². The maximum atomic E-state index is 7.15. The minimum Gasteiger partial charge on any atom is -0.382 e. The Labute approximate surface area is 85.4 Å². The summed E-state index contributed by atoms with van der Waals surface area (Å²) in [7, 11) is 0. The van der Waals surface area contributed by atoms with Gasteiger partial charge < -0.3 is 17.2 Å². The van der Waals surface area contributed by atoms with Crippen molar-refractivity contribution < 1.29 is 0 Å². The zero-order valence-electron chi connectivity index (χ0n) is 7.75. The molecule has 0 atom stereocenters. The smallest absolute Gasteiger partial charge is 0.211 e. The summed E-state index contributed by atoms with van der Waals surface area (Å²) in [5, 5.41) is 14.0. The fraction of sp³-hybridized carbons (Fsp3) is 0. The molecular weight excluding hydrogens is 196 g/mol. The summed E-state index contributed by atoms with van der Waals surface area (Å²) in [6.07, 6.45) is 2.72. The molecule has 0 saturated carbocycles. The average molecular weight is 206 g/mol. The van der Waals surface area contributed by atoms with Crippen LogP contribution in [0.25, 0.3) is 0 Å². The molecule has 0 bridgehead atoms. The van der Waals surface area contributed by atoms with Crippen LogP contribution >= 0.6 is 0 Å². The number of nitrogens with one attached hydrogen (secondary N) is 1. The molecule has 0 aromatic carbocycles. The number of nitrogen functional groups attached to an aromatic ring is 1. The van der Waals surface area contributed by atoms with Gasteiger partial charge in [0.1, 0.15) is 11.5 Å². The molecule has 7 N–H and O–H groups in total. The molecule has 1 aromatic heterocycles. The third-order valence-electron chi connectivity index (χ3n) is 1.30. The number of guanidine groups is 1. The summed E-state index contributed by atoms with van der Waals surface area (Å²) in [6, 6.07) is 1.51. The first-order chi connectivity index (χ1) is 7.09. The van der Waals surface area contributed by atoms with E-state index in [1.807, 2.05) is 0 Å². The summed E-state index contributed by atoms with van der Waals surface area (Å²) in [6.45, 7) is 0. The highest BCUT2D eigenvalue weighted by atomic mass is 15.3. The van der Waals surface area contributed by atoms with Gasteiger partial charge >= 0.3 is 0 Å². The molecule has 0 saturated heterocycles. The second-order valence-electron chi connectivity index (χ2n) is 2.48. The van der Waals surface area contributed by atoms with Crippen LogP contribution in [0.1, 0.15) is 11.5 Å². The van der Waals surface area contributed by atoms with Crippen LogP contribution < -0.4 is 17.2 Å². The molecule has 0 amide bonds. The first-order valence-corrected chi connectivity index (χ1v) is 3.89. The van der Waals surface area contributed by atoms with E-state index in [1.165, 1.54) is 18.5 Å². The highest BCUT2D eigenvalue weighted by molar-refractivity contribution is 5.93. The van der Waals surface area contributed by atoms with Crippen molar-refractivity contribution in [2.24, 2.45) is 27.4 Å². The first-order valence-electron chi connectivity index (χ1n) is 3.89. The van der Waals surface area contributed by atoms with Crippen LogP contribution in [0.4, 0.5) is 0 Å². The molecule has 8 heteroatoms. The second kappa shape index (κ2) is 4.65. The van der Waals surface area contributed by atoms with Gasteiger partial charge in [0.2, 0.25) is 5.96 Å². The van der Waals surface area contributed by atoms with Crippen LogP contribution in [0, 0.1) is 5.41 Å². The molecule has 0 radical (unpaired) electrons. The molecule has 1 rings (SSSR count). The Bertz CT molecular complexity index is 417. The van der Waals surface area contributed by atoms with E-state index in [4.69, 9.17) is 22.6 Å². The first kappa shape index (κ1) is 10.6. The van der Waals surface area contributed by atoms with E-state index < -0.39 is 0 Å². The molecule has 1 aromatic rings. The monoisotopic (exact) mass is 206 g/mol. The SMILES string of the molecule is N=C(N)c1ccnc(/C=N/N=C(N)N)n1. The summed E-state index contributed by atoms with van der Waals surface area (Å²) in [4.78, 5) is 7.76. The number of hydrogen-bond acceptors (Lipinski definition) is 5. The summed E-state index contributed by atoms with van der Waals surface area (Å²) < 4.78 is 0. The molecule has 0 aliphatic carbocycles. The Morgan fingerprint density at radius 2 is 2.13 bits per heavy atom. The highest BCUT2D eigenvalue weighted by Gasteiger charge is 1.98. The fourth-order valence-electron chi connectivity index (χ4n) is 0.733. The Hall–Kier alpha value is -2.51. The van der Waals surface area contributed by atoms with E-state index >= 15 is 0 Å². The number of nitrogens with two attached hydrogens (primary N) is 3. The van der Waals surface area contributed by atoms with Gasteiger partial charge in [-0.25, -0.2) is 9.97 Å². The van der Waals surface area contributed by atoms with Gasteiger partial charge in [-0.2, -0.15) is 5.10 Å². The third-order valence-corrected chi connectivity index (χ3v) is 1.30. The molecule has 0 spiro atoms. The predicted octanol–water partition coefficient (Wildman–Crippen LogP) is -1.63. The van der Waals surface area contributed by atoms with E-state index in [2.05, 4.69) is 20.2 Å². The van der Waals surface area contributed by atoms with Gasteiger partial charge in [-0.3, -0.25) is 5.41 Å². The molecule has 15 heavy (non-hydrogen) atoms. The van der Waals surface area contributed by atoms with Crippen LogP contribution in [0.3, 0.4) is 0 Å². The van der Waals surface area contributed by atoms with E-state index in [9.17, 15) is 0 Å². The fourth-order valence-corrected chi connectivity index (χ4v) is 0.733. The van der Waals surface area contributed by atoms with E-state index in [-0.39, 0.29) is 17.6 Å². The number of rotatable bonds is 3. The molecule has 0 aliphatic heterocycles. The van der Waals surface area contributed by atoms with Crippen LogP contribution in [-0.2, 0) is 0 Å². The molecule has 0 aliphatic rings. The minimum absolute atomic E-state index is 0.145. The van der Waals surface area contributed by atoms with Crippen molar-refractivity contribution in [2.45, 2.75) is 0 Å². The standard InChI is InChI=1S/C7H10N8/c8-6(9)4-1-2-12-5(14-4)3-13-15-7(10)11/h1-3H,(H3,8,9)(H4,10,11,15)/b13-3+. The van der Waals surface area contributed by atoms with Gasteiger partial charge in [-0.15, -0.1) is 5.10 Å². The second-order valence-corrected chi connectivity index (χ2v) is 2.48. The van der Waals surface area contributed by atoms with Gasteiger partial charge in [-0.1, -0.05) is 0 Å². The Morgan fingerprint density at radius 1 is 1.40 bits per heavy atom. The summed E-state index contributed by atoms with van der Waals surface area (Å²) in [5.41, 5.74) is 15.7. The third kappa shape index (κ3) is 3.38. The zero-order chi connectivity index (χ0) is 11.3. The highest BCUT2D eigenvalue weighted by Crippen LogP contribution is 1.92. The van der Waals surface area contributed by atoms with Crippen LogP contribution in [-0.4, -0.2) is 28.0 Å². The Balaban J connectivity index is 2.87. The average Bonchev–Trinajstić information content (AvgIpc) is 2.17. The normalized spacial score (nSPS) is 10.1. The number of amidine groups is 1. The van der Waals surface area contributed by atoms with Gasteiger partial charge in [0, 0.05) is 6.20 Å². The lowest BCUT2D eigenvalue weighted by molar-refractivity contribution is 1.10. The van der Waals surface area contributed by atoms with Crippen LogP contribution in [0.2, 0.25) is 0 Å². The zero-order valence-corrected chi connectivity index (χ0v) is 7.75. The number of nitrogens with zero attached hydrogens (tertiary/aromatic N) is 4. The molecule has 1 heterocycles. The molecule has 0 unspecified atom stereocenters. The van der Waals surface area contributed by atoms with Crippen molar-refractivity contribution in [2.75, 3.05) is 0 Å². The van der Waals surface area contributed by atoms with Crippen molar-refractivity contribution in [3.63, 3.8) is 0 Å². The lowest BCUT2D eigenvalue weighted by Crippen LogP contribution is -2.21. The largest absolute Gasteiger partial charge is 0.382 e. The quantitative estimate of drug-likeness (QED) is 0.265. The van der Waals surface area contributed by atoms with Crippen molar-refractivity contribution in [1.82, 2.24) is 9.97 Å². The summed E-state index contributed by atoms with van der Waals surface area (Å²) >= 11 is 0. The topological polar surface area (TPSA) is 152 Å². The number of hydrogen-bond donors (Lipinski definition) is 4. The predicted molar refractivity (Wildman–Crippen MR) is 56.5 cm³/mol. The Kier molecular flexibility index (Phi) is 3.28. The van der Waals surface area contributed by atoms with Gasteiger partial charge in [0.15, 0.2) is 5.82 Å². The van der Waals surface area contributed by atoms with Crippen molar-refractivity contribution in [1.29, 1.82) is 5.41 Å². The van der Waals surface area contributed by atoms with Crippen LogP contribution in [0.5, 0.6) is 0 Å². The maximum Gasteiger partial charge on any atom is 0.211 e. The van der Waals surface area contributed by atoms with Crippen molar-refractivity contribution in [3.05, 3.63) is 23.8 Å². The molecular formula is C7H10N8. The molecule has 8 nitrogen and oxygen atoms in total. The molecule has 0 fully saturated rings. The Morgan fingerprint density at radius 3 is 2.73 bits per heavy atom. The van der Waals surface area contributed by atoms with Gasteiger partial charge in [-0.05, 0) is 6.07 Å². The van der Waals surface area contributed by atoms with E-state index in [0.29, 0.717) is 5.69 Å². The van der Waals surface area contributed by atoms with Crippen molar-refractivity contribution >= 4 is 18.0 Å². The van der Waals surface area contributed by atoms with Gasteiger partial charge in [0.05, 0.1) is 6.21 Å². The van der Waals surface area contributed by atoms with E-state index in [1.54, 1.807) is 0 Å². The summed E-state index contributed by atoms with van der Waals surface area (Å²) in [5.74, 6) is -0.0319. The maximum absolute atomic E-state index is 7.15. The van der Waals surface area contributed by atoms with Crippen molar-refractivity contribution in [3.8, 4) is 0 Å². The molecule has 78 valence electrons. The van der Waals surface area contributed by atoms with Gasteiger partial charge in [0.25, 0.3) is 0 Å². The lowest BCUT2D eigenvalue weighted by atomic mass is 10.4. The van der Waals surface area contributed by atoms with E-state index in [0.717, 1.165) is 0 Å². The number of aromatic nitrogens is 2. The lowest BCUT2D eigenvalue weighted by Gasteiger charge is -1.96. The minimum atomic E-state index is -0.158.